The summed E-state index contributed by atoms with van der Waals surface area (Å²) in [5, 5.41) is 18.2. The lowest BCUT2D eigenvalue weighted by Gasteiger charge is -2.25. The Labute approximate surface area is 128 Å². The van der Waals surface area contributed by atoms with Crippen LogP contribution in [0.15, 0.2) is 30.3 Å². The zero-order chi connectivity index (χ0) is 15.7. The third-order valence-corrected chi connectivity index (χ3v) is 4.63. The van der Waals surface area contributed by atoms with E-state index in [1.165, 1.54) is 0 Å². The fourth-order valence-corrected chi connectivity index (χ4v) is 3.67. The highest BCUT2D eigenvalue weighted by molar-refractivity contribution is 5.85. The van der Waals surface area contributed by atoms with E-state index in [0.29, 0.717) is 6.42 Å². The predicted molar refractivity (Wildman–Crippen MR) is 79.3 cm³/mol. The van der Waals surface area contributed by atoms with Gasteiger partial charge in [-0.15, -0.1) is 0 Å². The van der Waals surface area contributed by atoms with Gasteiger partial charge in [0.15, 0.2) is 0 Å². The van der Waals surface area contributed by atoms with Crippen LogP contribution in [0.25, 0.3) is 6.08 Å². The maximum atomic E-state index is 11.5. The van der Waals surface area contributed by atoms with Crippen LogP contribution < -0.4 is 0 Å². The van der Waals surface area contributed by atoms with E-state index in [9.17, 15) is 14.7 Å². The minimum absolute atomic E-state index is 0.00242. The van der Waals surface area contributed by atoms with Gasteiger partial charge in [-0.05, 0) is 36.5 Å². The van der Waals surface area contributed by atoms with E-state index in [1.807, 2.05) is 24.3 Å². The monoisotopic (exact) mass is 302 g/mol. The van der Waals surface area contributed by atoms with Gasteiger partial charge in [0, 0.05) is 12.0 Å². The molecular weight excluding hydrogens is 284 g/mol. The van der Waals surface area contributed by atoms with E-state index in [1.54, 1.807) is 6.08 Å². The molecule has 0 amide bonds. The lowest BCUT2D eigenvalue weighted by molar-refractivity contribution is -0.144. The van der Waals surface area contributed by atoms with Crippen molar-refractivity contribution >= 4 is 18.0 Å². The van der Waals surface area contributed by atoms with Crippen LogP contribution in [0.2, 0.25) is 0 Å². The first-order chi connectivity index (χ1) is 10.6. The highest BCUT2D eigenvalue weighted by atomic mass is 16.5. The number of benzene rings is 1. The molecule has 1 aromatic carbocycles. The highest BCUT2D eigenvalue weighted by Crippen LogP contribution is 2.45. The number of hydrogen-bond donors (Lipinski definition) is 2. The largest absolute Gasteiger partial charge is 0.481 e. The molecule has 2 saturated heterocycles. The molecular formula is C17H18O5. The van der Waals surface area contributed by atoms with E-state index >= 15 is 0 Å². The molecule has 0 radical (unpaired) electrons. The van der Waals surface area contributed by atoms with Gasteiger partial charge in [-0.1, -0.05) is 24.3 Å². The van der Waals surface area contributed by atoms with Gasteiger partial charge in [-0.2, -0.15) is 0 Å². The maximum Gasteiger partial charge on any atom is 0.328 e. The molecule has 0 aliphatic carbocycles. The second kappa shape index (κ2) is 5.93. The Morgan fingerprint density at radius 1 is 1.18 bits per heavy atom. The molecule has 0 saturated carbocycles. The number of carbonyl (C=O) groups is 2. The summed E-state index contributed by atoms with van der Waals surface area (Å²) in [6, 6.07) is 7.50. The van der Waals surface area contributed by atoms with E-state index in [-0.39, 0.29) is 18.1 Å². The molecule has 0 spiro atoms. The number of ether oxygens (including phenoxy) is 1. The Balaban J connectivity index is 1.84. The van der Waals surface area contributed by atoms with Crippen molar-refractivity contribution in [2.24, 2.45) is 11.8 Å². The molecule has 2 aliphatic rings. The fourth-order valence-electron chi connectivity index (χ4n) is 3.67. The summed E-state index contributed by atoms with van der Waals surface area (Å²) in [7, 11) is 0. The van der Waals surface area contributed by atoms with Crippen LogP contribution in [0, 0.1) is 11.8 Å². The van der Waals surface area contributed by atoms with Crippen LogP contribution in [0.5, 0.6) is 0 Å². The third-order valence-electron chi connectivity index (χ3n) is 4.63. The van der Waals surface area contributed by atoms with Gasteiger partial charge < -0.3 is 14.9 Å². The summed E-state index contributed by atoms with van der Waals surface area (Å²) in [5.74, 6) is -2.30. The van der Waals surface area contributed by atoms with Crippen molar-refractivity contribution in [1.29, 1.82) is 0 Å². The van der Waals surface area contributed by atoms with Gasteiger partial charge in [-0.3, -0.25) is 4.79 Å². The number of hydrogen-bond acceptors (Lipinski definition) is 3. The van der Waals surface area contributed by atoms with E-state index in [0.717, 1.165) is 30.0 Å². The van der Waals surface area contributed by atoms with Crippen LogP contribution >= 0.6 is 0 Å². The quantitative estimate of drug-likeness (QED) is 0.815. The Morgan fingerprint density at radius 3 is 2.64 bits per heavy atom. The summed E-state index contributed by atoms with van der Waals surface area (Å²) in [4.78, 5) is 22.2. The van der Waals surface area contributed by atoms with Gasteiger partial charge in [0.1, 0.15) is 0 Å². The van der Waals surface area contributed by atoms with E-state index in [2.05, 4.69) is 0 Å². The summed E-state index contributed by atoms with van der Waals surface area (Å²) in [6.07, 6.45) is 4.81. The second-order valence-corrected chi connectivity index (χ2v) is 5.89. The molecule has 0 unspecified atom stereocenters. The molecule has 116 valence electrons. The molecule has 2 heterocycles. The molecule has 5 heteroatoms. The van der Waals surface area contributed by atoms with Gasteiger partial charge in [-0.25, -0.2) is 4.79 Å². The normalized spacial score (nSPS) is 30.0. The number of aliphatic carboxylic acids is 2. The average Bonchev–Trinajstić information content (AvgIpc) is 3.07. The van der Waals surface area contributed by atoms with Crippen molar-refractivity contribution in [3.63, 3.8) is 0 Å². The van der Waals surface area contributed by atoms with E-state index in [4.69, 9.17) is 9.84 Å². The summed E-state index contributed by atoms with van der Waals surface area (Å²) >= 11 is 0. The molecule has 2 bridgehead atoms. The van der Waals surface area contributed by atoms with Crippen molar-refractivity contribution in [3.05, 3.63) is 41.5 Å². The van der Waals surface area contributed by atoms with Crippen molar-refractivity contribution in [1.82, 2.24) is 0 Å². The number of carboxylic acid groups (broad SMARTS) is 2. The van der Waals surface area contributed by atoms with Gasteiger partial charge in [0.05, 0.1) is 18.1 Å². The molecule has 4 atom stereocenters. The Kier molecular flexibility index (Phi) is 3.98. The van der Waals surface area contributed by atoms with Crippen LogP contribution in [0.1, 0.15) is 24.0 Å². The number of fused-ring (bicyclic) bond motifs is 2. The van der Waals surface area contributed by atoms with Crippen LogP contribution in [-0.2, 0) is 20.7 Å². The SMILES string of the molecule is O=C(O)/C=C/c1ccccc1C[C@H]1[C@@H](C(=O)O)[C@@H]2CC[C@H]1O2. The molecule has 2 N–H and O–H groups in total. The average molecular weight is 302 g/mol. The second-order valence-electron chi connectivity index (χ2n) is 5.89. The van der Waals surface area contributed by atoms with Crippen LogP contribution in [0.3, 0.4) is 0 Å². The van der Waals surface area contributed by atoms with Crippen molar-refractivity contribution in [2.75, 3.05) is 0 Å². The van der Waals surface area contributed by atoms with Gasteiger partial charge in [0.2, 0.25) is 0 Å². The molecule has 5 nitrogen and oxygen atoms in total. The van der Waals surface area contributed by atoms with Crippen LogP contribution in [0.4, 0.5) is 0 Å². The summed E-state index contributed by atoms with van der Waals surface area (Å²) in [5.41, 5.74) is 1.78. The molecule has 1 aromatic rings. The zero-order valence-electron chi connectivity index (χ0n) is 12.0. The zero-order valence-corrected chi connectivity index (χ0v) is 12.0. The molecule has 22 heavy (non-hydrogen) atoms. The predicted octanol–water partition coefficient (Wildman–Crippen LogP) is 2.21. The highest BCUT2D eigenvalue weighted by Gasteiger charge is 2.52. The lowest BCUT2D eigenvalue weighted by Crippen LogP contribution is -2.34. The van der Waals surface area contributed by atoms with Crippen molar-refractivity contribution < 1.29 is 24.5 Å². The fraction of sp³-hybridized carbons (Fsp3) is 0.412. The first-order valence-corrected chi connectivity index (χ1v) is 7.43. The standard InChI is InChI=1S/C17H18O5/c18-15(19)8-5-10-3-1-2-4-11(10)9-12-13-6-7-14(22-13)16(12)17(20)21/h1-5,8,12-14,16H,6-7,9H2,(H,18,19)(H,20,21)/b8-5+/t12-,13-,14+,16-/m1/s1. The number of rotatable bonds is 5. The minimum atomic E-state index is -0.999. The smallest absolute Gasteiger partial charge is 0.328 e. The first kappa shape index (κ1) is 14.8. The summed E-state index contributed by atoms with van der Waals surface area (Å²) < 4.78 is 5.78. The lowest BCUT2D eigenvalue weighted by atomic mass is 9.75. The number of carboxylic acids is 2. The van der Waals surface area contributed by atoms with Gasteiger partial charge >= 0.3 is 11.9 Å². The topological polar surface area (TPSA) is 83.8 Å². The first-order valence-electron chi connectivity index (χ1n) is 7.43. The van der Waals surface area contributed by atoms with Crippen molar-refractivity contribution in [2.45, 2.75) is 31.5 Å². The van der Waals surface area contributed by atoms with Crippen LogP contribution in [-0.4, -0.2) is 34.4 Å². The molecule has 2 aliphatic heterocycles. The molecule has 3 rings (SSSR count). The van der Waals surface area contributed by atoms with Crippen molar-refractivity contribution in [3.8, 4) is 0 Å². The molecule has 2 fully saturated rings. The minimum Gasteiger partial charge on any atom is -0.481 e. The third kappa shape index (κ3) is 2.76. The maximum absolute atomic E-state index is 11.5. The van der Waals surface area contributed by atoms with Gasteiger partial charge in [0.25, 0.3) is 0 Å². The Hall–Kier alpha value is -2.14. The van der Waals surface area contributed by atoms with E-state index < -0.39 is 17.9 Å². The Morgan fingerprint density at radius 2 is 1.91 bits per heavy atom. The molecule has 0 aromatic heterocycles. The Bertz CT molecular complexity index is 621. The summed E-state index contributed by atoms with van der Waals surface area (Å²) in [6.45, 7) is 0.